The van der Waals surface area contributed by atoms with Gasteiger partial charge in [-0.1, -0.05) is 5.92 Å². The van der Waals surface area contributed by atoms with Gasteiger partial charge in [0.1, 0.15) is 0 Å². The molecule has 4 nitrogen and oxygen atoms in total. The highest BCUT2D eigenvalue weighted by molar-refractivity contribution is 5.92. The van der Waals surface area contributed by atoms with Crippen LogP contribution in [-0.4, -0.2) is 17.2 Å². The number of rotatable bonds is 1. The third-order valence-corrected chi connectivity index (χ3v) is 1.16. The van der Waals surface area contributed by atoms with Crippen LogP contribution in [0.3, 0.4) is 0 Å². The first-order valence-electron chi connectivity index (χ1n) is 3.17. The Morgan fingerprint density at radius 1 is 1.67 bits per heavy atom. The van der Waals surface area contributed by atoms with Crippen LogP contribution in [0.2, 0.25) is 0 Å². The Labute approximate surface area is 68.8 Å². The first-order valence-corrected chi connectivity index (χ1v) is 3.17. The number of aromatic amines is 1. The predicted octanol–water partition coefficient (Wildman–Crippen LogP) is -0.336. The number of primary amides is 1. The van der Waals surface area contributed by atoms with Crippen LogP contribution in [0.15, 0.2) is 12.3 Å². The first-order chi connectivity index (χ1) is 5.72. The molecule has 0 saturated heterocycles. The number of aldehydes is 1. The van der Waals surface area contributed by atoms with Crippen molar-refractivity contribution in [2.45, 2.75) is 0 Å². The van der Waals surface area contributed by atoms with Crippen molar-refractivity contribution in [2.75, 3.05) is 0 Å². The zero-order valence-corrected chi connectivity index (χ0v) is 6.13. The number of hydrogen-bond acceptors (Lipinski definition) is 2. The van der Waals surface area contributed by atoms with Gasteiger partial charge in [0.25, 0.3) is 5.91 Å². The quantitative estimate of drug-likeness (QED) is 0.438. The van der Waals surface area contributed by atoms with Crippen molar-refractivity contribution in [1.29, 1.82) is 0 Å². The number of nitrogens with one attached hydrogen (secondary N) is 1. The maximum absolute atomic E-state index is 10.2. The van der Waals surface area contributed by atoms with E-state index in [0.29, 0.717) is 17.5 Å². The van der Waals surface area contributed by atoms with Crippen molar-refractivity contribution >= 4 is 12.2 Å². The predicted molar refractivity (Wildman–Crippen MR) is 42.3 cm³/mol. The molecule has 0 saturated carbocycles. The average Bonchev–Trinajstić information content (AvgIpc) is 2.48. The fraction of sp³-hybridized carbons (Fsp3) is 0. The van der Waals surface area contributed by atoms with Gasteiger partial charge in [0, 0.05) is 17.7 Å². The Morgan fingerprint density at radius 2 is 2.42 bits per heavy atom. The second-order valence-corrected chi connectivity index (χ2v) is 2.08. The number of aromatic nitrogens is 1. The van der Waals surface area contributed by atoms with Gasteiger partial charge < -0.3 is 10.7 Å². The smallest absolute Gasteiger partial charge is 0.293 e. The summed E-state index contributed by atoms with van der Waals surface area (Å²) in [7, 11) is 0. The summed E-state index contributed by atoms with van der Waals surface area (Å²) in [6.45, 7) is 0. The molecule has 0 fully saturated rings. The van der Waals surface area contributed by atoms with E-state index in [4.69, 9.17) is 5.73 Å². The highest BCUT2D eigenvalue weighted by Gasteiger charge is 1.93. The highest BCUT2D eigenvalue weighted by atomic mass is 16.1. The molecule has 1 aromatic rings. The number of carbonyl (C=O) groups excluding carboxylic acids is 2. The summed E-state index contributed by atoms with van der Waals surface area (Å²) >= 11 is 0. The largest absolute Gasteiger partial charge is 0.359 e. The lowest BCUT2D eigenvalue weighted by atomic mass is 10.3. The van der Waals surface area contributed by atoms with Crippen LogP contribution >= 0.6 is 0 Å². The van der Waals surface area contributed by atoms with Gasteiger partial charge in [0.2, 0.25) is 0 Å². The van der Waals surface area contributed by atoms with Crippen LogP contribution < -0.4 is 5.73 Å². The summed E-state index contributed by atoms with van der Waals surface area (Å²) < 4.78 is 0. The molecule has 0 radical (unpaired) electrons. The molecule has 0 atom stereocenters. The number of carbonyl (C=O) groups is 2. The third-order valence-electron chi connectivity index (χ3n) is 1.16. The number of amides is 1. The zero-order chi connectivity index (χ0) is 8.97. The van der Waals surface area contributed by atoms with Crippen molar-refractivity contribution in [1.82, 2.24) is 4.98 Å². The fourth-order valence-electron chi connectivity index (χ4n) is 0.686. The fourth-order valence-corrected chi connectivity index (χ4v) is 0.686. The molecule has 0 aliphatic rings. The van der Waals surface area contributed by atoms with E-state index >= 15 is 0 Å². The van der Waals surface area contributed by atoms with E-state index in [2.05, 4.69) is 16.8 Å². The van der Waals surface area contributed by atoms with Crippen LogP contribution in [0.1, 0.15) is 16.1 Å². The normalized spacial score (nSPS) is 8.33. The van der Waals surface area contributed by atoms with E-state index in [-0.39, 0.29) is 0 Å². The number of H-pyrrole nitrogens is 1. The third kappa shape index (κ3) is 1.99. The molecule has 0 aliphatic carbocycles. The molecule has 1 aromatic heterocycles. The topological polar surface area (TPSA) is 76.0 Å². The molecule has 0 aromatic carbocycles. The lowest BCUT2D eigenvalue weighted by Gasteiger charge is -1.74. The molecule has 1 rings (SSSR count). The Balaban J connectivity index is 2.85. The van der Waals surface area contributed by atoms with Crippen molar-refractivity contribution in [2.24, 2.45) is 5.73 Å². The minimum atomic E-state index is -0.691. The van der Waals surface area contributed by atoms with Crippen molar-refractivity contribution in [3.05, 3.63) is 23.5 Å². The molecule has 0 bridgehead atoms. The minimum absolute atomic E-state index is 0.420. The van der Waals surface area contributed by atoms with Crippen LogP contribution in [0.25, 0.3) is 0 Å². The molecule has 0 aliphatic heterocycles. The Morgan fingerprint density at radius 3 is 2.92 bits per heavy atom. The SMILES string of the molecule is NC(=O)C#Cc1c[nH]c(C=O)c1. The van der Waals surface area contributed by atoms with Crippen LogP contribution in [0.4, 0.5) is 0 Å². The van der Waals surface area contributed by atoms with E-state index in [1.165, 1.54) is 12.3 Å². The summed E-state index contributed by atoms with van der Waals surface area (Å²) in [5.74, 6) is 3.95. The van der Waals surface area contributed by atoms with Crippen molar-refractivity contribution < 1.29 is 9.59 Å². The Kier molecular flexibility index (Phi) is 2.29. The monoisotopic (exact) mass is 162 g/mol. The molecule has 4 heteroatoms. The van der Waals surface area contributed by atoms with Crippen LogP contribution in [0, 0.1) is 11.8 Å². The zero-order valence-electron chi connectivity index (χ0n) is 6.13. The molecule has 0 spiro atoms. The number of nitrogens with two attached hydrogens (primary N) is 1. The standard InChI is InChI=1S/C8H6N2O2/c9-8(12)2-1-6-3-7(5-11)10-4-6/h3-5,10H,(H2,9,12). The van der Waals surface area contributed by atoms with E-state index in [0.717, 1.165) is 0 Å². The average molecular weight is 162 g/mol. The maximum atomic E-state index is 10.2. The minimum Gasteiger partial charge on any atom is -0.359 e. The summed E-state index contributed by atoms with van der Waals surface area (Å²) in [5.41, 5.74) is 5.77. The van der Waals surface area contributed by atoms with E-state index in [9.17, 15) is 9.59 Å². The Bertz CT molecular complexity index is 368. The van der Waals surface area contributed by atoms with Gasteiger partial charge >= 0.3 is 0 Å². The van der Waals surface area contributed by atoms with Crippen LogP contribution in [0.5, 0.6) is 0 Å². The summed E-state index contributed by atoms with van der Waals surface area (Å²) in [6.07, 6.45) is 2.19. The highest BCUT2D eigenvalue weighted by Crippen LogP contribution is 1.97. The summed E-state index contributed by atoms with van der Waals surface area (Å²) in [5, 5.41) is 0. The van der Waals surface area contributed by atoms with Gasteiger partial charge in [0.15, 0.2) is 6.29 Å². The van der Waals surface area contributed by atoms with Gasteiger partial charge in [-0.15, -0.1) is 0 Å². The maximum Gasteiger partial charge on any atom is 0.293 e. The first kappa shape index (κ1) is 8.08. The van der Waals surface area contributed by atoms with E-state index in [1.54, 1.807) is 0 Å². The molecule has 3 N–H and O–H groups in total. The lowest BCUT2D eigenvalue weighted by Crippen LogP contribution is -2.05. The summed E-state index contributed by atoms with van der Waals surface area (Å²) in [4.78, 5) is 23.1. The van der Waals surface area contributed by atoms with Gasteiger partial charge in [-0.3, -0.25) is 9.59 Å². The molecule has 0 unspecified atom stereocenters. The second kappa shape index (κ2) is 3.39. The van der Waals surface area contributed by atoms with E-state index in [1.807, 2.05) is 0 Å². The van der Waals surface area contributed by atoms with Gasteiger partial charge in [-0.2, -0.15) is 0 Å². The van der Waals surface area contributed by atoms with Gasteiger partial charge in [-0.25, -0.2) is 0 Å². The van der Waals surface area contributed by atoms with Gasteiger partial charge in [0.05, 0.1) is 5.69 Å². The molecule has 12 heavy (non-hydrogen) atoms. The molecule has 1 amide bonds. The van der Waals surface area contributed by atoms with Crippen molar-refractivity contribution in [3.63, 3.8) is 0 Å². The van der Waals surface area contributed by atoms with Crippen molar-refractivity contribution in [3.8, 4) is 11.8 Å². The van der Waals surface area contributed by atoms with Gasteiger partial charge in [-0.05, 0) is 6.07 Å². The van der Waals surface area contributed by atoms with E-state index < -0.39 is 5.91 Å². The lowest BCUT2D eigenvalue weighted by molar-refractivity contribution is -0.112. The van der Waals surface area contributed by atoms with Crippen LogP contribution in [-0.2, 0) is 4.79 Å². The molecular weight excluding hydrogens is 156 g/mol. The summed E-state index contributed by atoms with van der Waals surface area (Å²) in [6, 6.07) is 1.53. The molecular formula is C8H6N2O2. The Hall–Kier alpha value is -2.02. The molecule has 60 valence electrons. The molecule has 1 heterocycles. The second-order valence-electron chi connectivity index (χ2n) is 2.08. The number of hydrogen-bond donors (Lipinski definition) is 2.